The molecule has 0 aliphatic carbocycles. The van der Waals surface area contributed by atoms with Gasteiger partial charge < -0.3 is 9.80 Å². The molecule has 0 radical (unpaired) electrons. The average molecular weight is 301 g/mol. The monoisotopic (exact) mass is 301 g/mol. The fourth-order valence-corrected chi connectivity index (χ4v) is 2.89. The first-order valence-corrected chi connectivity index (χ1v) is 7.74. The maximum Gasteiger partial charge on any atom is 0.261 e. The van der Waals surface area contributed by atoms with Gasteiger partial charge in [-0.2, -0.15) is 0 Å². The van der Waals surface area contributed by atoms with E-state index in [1.54, 1.807) is 12.1 Å². The largest absolute Gasteiger partial charge is 0.332 e. The number of piperazine rings is 1. The van der Waals surface area contributed by atoms with Gasteiger partial charge in [-0.25, -0.2) is 4.98 Å². The lowest BCUT2D eigenvalue weighted by molar-refractivity contribution is -0.902. The molecule has 0 saturated carbocycles. The van der Waals surface area contributed by atoms with E-state index in [-0.39, 0.29) is 18.0 Å². The van der Waals surface area contributed by atoms with E-state index >= 15 is 0 Å². The lowest BCUT2D eigenvalue weighted by atomic mass is 10.2. The van der Waals surface area contributed by atoms with E-state index in [2.05, 4.69) is 11.9 Å². The molecule has 1 aromatic carbocycles. The number of quaternary nitrogens is 1. The molecule has 1 saturated heterocycles. The Morgan fingerprint density at radius 2 is 2.00 bits per heavy atom. The number of fused-ring (bicyclic) bond motifs is 1. The van der Waals surface area contributed by atoms with Crippen LogP contribution in [0, 0.1) is 0 Å². The molecule has 6 nitrogen and oxygen atoms in total. The summed E-state index contributed by atoms with van der Waals surface area (Å²) >= 11 is 0. The number of nitrogens with one attached hydrogen (secondary N) is 1. The molecule has 1 fully saturated rings. The third-order valence-corrected chi connectivity index (χ3v) is 4.36. The fraction of sp³-hybridized carbons (Fsp3) is 0.438. The van der Waals surface area contributed by atoms with Gasteiger partial charge in [0.1, 0.15) is 6.54 Å². The predicted octanol–water partition coefficient (Wildman–Crippen LogP) is -0.856. The normalized spacial score (nSPS) is 16.1. The van der Waals surface area contributed by atoms with Crippen molar-refractivity contribution in [2.24, 2.45) is 0 Å². The Kier molecular flexibility index (Phi) is 4.20. The van der Waals surface area contributed by atoms with Crippen molar-refractivity contribution in [3.05, 3.63) is 40.9 Å². The highest BCUT2D eigenvalue weighted by atomic mass is 16.2. The van der Waals surface area contributed by atoms with Crippen molar-refractivity contribution in [2.75, 3.05) is 32.7 Å². The topological polar surface area (TPSA) is 59.6 Å². The highest BCUT2D eigenvalue weighted by Gasteiger charge is 2.23. The van der Waals surface area contributed by atoms with Gasteiger partial charge in [0.2, 0.25) is 5.91 Å². The molecule has 6 heteroatoms. The van der Waals surface area contributed by atoms with E-state index in [0.29, 0.717) is 10.9 Å². The Labute approximate surface area is 129 Å². The van der Waals surface area contributed by atoms with Crippen LogP contribution >= 0.6 is 0 Å². The first kappa shape index (κ1) is 14.7. The molecule has 3 rings (SSSR count). The Morgan fingerprint density at radius 1 is 1.27 bits per heavy atom. The highest BCUT2D eigenvalue weighted by Crippen LogP contribution is 2.05. The number of para-hydroxylation sites is 1. The second-order valence-corrected chi connectivity index (χ2v) is 5.68. The summed E-state index contributed by atoms with van der Waals surface area (Å²) in [5.41, 5.74) is 0.508. The number of benzene rings is 1. The van der Waals surface area contributed by atoms with Crippen molar-refractivity contribution in [3.63, 3.8) is 0 Å². The number of hydrogen-bond acceptors (Lipinski definition) is 3. The number of hydrogen-bond donors (Lipinski definition) is 1. The summed E-state index contributed by atoms with van der Waals surface area (Å²) in [6, 6.07) is 7.20. The van der Waals surface area contributed by atoms with E-state index in [4.69, 9.17) is 0 Å². The summed E-state index contributed by atoms with van der Waals surface area (Å²) < 4.78 is 1.41. The molecular weight excluding hydrogens is 280 g/mol. The molecule has 2 aromatic rings. The van der Waals surface area contributed by atoms with Crippen LogP contribution < -0.4 is 10.5 Å². The van der Waals surface area contributed by atoms with Crippen LogP contribution in [0.4, 0.5) is 0 Å². The zero-order valence-electron chi connectivity index (χ0n) is 12.8. The minimum Gasteiger partial charge on any atom is -0.332 e. The molecule has 22 heavy (non-hydrogen) atoms. The number of carbonyl (C=O) groups excluding carboxylic acids is 1. The summed E-state index contributed by atoms with van der Waals surface area (Å²) in [4.78, 5) is 32.4. The van der Waals surface area contributed by atoms with Crippen LogP contribution in [-0.2, 0) is 11.3 Å². The van der Waals surface area contributed by atoms with E-state index < -0.39 is 0 Å². The van der Waals surface area contributed by atoms with Crippen LogP contribution in [0.1, 0.15) is 6.92 Å². The first-order valence-electron chi connectivity index (χ1n) is 7.74. The van der Waals surface area contributed by atoms with Crippen molar-refractivity contribution < 1.29 is 9.69 Å². The van der Waals surface area contributed by atoms with Gasteiger partial charge in [-0.05, 0) is 19.1 Å². The number of amides is 1. The quantitative estimate of drug-likeness (QED) is 0.803. The number of carbonyl (C=O) groups is 1. The van der Waals surface area contributed by atoms with Crippen LogP contribution in [0.5, 0.6) is 0 Å². The van der Waals surface area contributed by atoms with E-state index in [1.165, 1.54) is 15.8 Å². The van der Waals surface area contributed by atoms with Gasteiger partial charge in [0.05, 0.1) is 50.0 Å². The summed E-state index contributed by atoms with van der Waals surface area (Å²) in [6.07, 6.45) is 1.47. The predicted molar refractivity (Wildman–Crippen MR) is 83.8 cm³/mol. The number of nitrogens with zero attached hydrogens (tertiary/aromatic N) is 3. The van der Waals surface area contributed by atoms with Crippen LogP contribution in [0.3, 0.4) is 0 Å². The molecule has 0 atom stereocenters. The van der Waals surface area contributed by atoms with Gasteiger partial charge in [-0.3, -0.25) is 14.2 Å². The summed E-state index contributed by atoms with van der Waals surface area (Å²) in [5, 5.41) is 0.554. The minimum absolute atomic E-state index is 0.00525. The van der Waals surface area contributed by atoms with Crippen molar-refractivity contribution in [1.82, 2.24) is 14.5 Å². The molecule has 116 valence electrons. The number of aromatic nitrogens is 2. The van der Waals surface area contributed by atoms with Gasteiger partial charge in [0.15, 0.2) is 0 Å². The first-order chi connectivity index (χ1) is 10.7. The van der Waals surface area contributed by atoms with Crippen LogP contribution in [0.15, 0.2) is 35.4 Å². The zero-order chi connectivity index (χ0) is 15.5. The SMILES string of the molecule is CC[NH+]1CCN(C(=O)Cn2cnc3ccccc3c2=O)CC1. The van der Waals surface area contributed by atoms with Gasteiger partial charge in [-0.15, -0.1) is 0 Å². The van der Waals surface area contributed by atoms with Crippen molar-refractivity contribution in [2.45, 2.75) is 13.5 Å². The molecule has 1 aliphatic rings. The van der Waals surface area contributed by atoms with Gasteiger partial charge >= 0.3 is 0 Å². The Morgan fingerprint density at radius 3 is 2.73 bits per heavy atom. The smallest absolute Gasteiger partial charge is 0.261 e. The number of rotatable bonds is 3. The molecule has 1 amide bonds. The van der Waals surface area contributed by atoms with Crippen molar-refractivity contribution in [1.29, 1.82) is 0 Å². The molecule has 2 heterocycles. The summed E-state index contributed by atoms with van der Waals surface area (Å²) in [5.74, 6) is -0.00525. The Bertz CT molecular complexity index is 732. The molecule has 0 spiro atoms. The van der Waals surface area contributed by atoms with Crippen molar-refractivity contribution >= 4 is 16.8 Å². The zero-order valence-corrected chi connectivity index (χ0v) is 12.8. The molecule has 0 bridgehead atoms. The van der Waals surface area contributed by atoms with Crippen LogP contribution in [0.25, 0.3) is 10.9 Å². The lowest BCUT2D eigenvalue weighted by Gasteiger charge is -2.31. The molecule has 0 unspecified atom stereocenters. The molecule has 1 N–H and O–H groups in total. The third kappa shape index (κ3) is 2.87. The Hall–Kier alpha value is -2.21. The standard InChI is InChI=1S/C16H20N4O2/c1-2-18-7-9-19(10-8-18)15(21)11-20-12-17-14-6-4-3-5-13(14)16(20)22/h3-6,12H,2,7-11H2,1H3/p+1. The Balaban J connectivity index is 1.75. The third-order valence-electron chi connectivity index (χ3n) is 4.36. The van der Waals surface area contributed by atoms with E-state index in [1.807, 2.05) is 17.0 Å². The molecular formula is C16H21N4O2+. The average Bonchev–Trinajstić information content (AvgIpc) is 2.57. The number of likely N-dealkylation sites (N-methyl/N-ethyl adjacent to an activating group) is 1. The molecule has 1 aliphatic heterocycles. The molecule has 1 aromatic heterocycles. The van der Waals surface area contributed by atoms with Crippen LogP contribution in [-0.4, -0.2) is 53.1 Å². The lowest BCUT2D eigenvalue weighted by Crippen LogP contribution is -3.14. The van der Waals surface area contributed by atoms with Gasteiger partial charge in [0, 0.05) is 0 Å². The van der Waals surface area contributed by atoms with E-state index in [0.717, 1.165) is 32.7 Å². The highest BCUT2D eigenvalue weighted by molar-refractivity contribution is 5.79. The van der Waals surface area contributed by atoms with Crippen molar-refractivity contribution in [3.8, 4) is 0 Å². The van der Waals surface area contributed by atoms with Crippen LogP contribution in [0.2, 0.25) is 0 Å². The van der Waals surface area contributed by atoms with E-state index in [9.17, 15) is 9.59 Å². The fourth-order valence-electron chi connectivity index (χ4n) is 2.89. The van der Waals surface area contributed by atoms with Gasteiger partial charge in [0.25, 0.3) is 5.56 Å². The van der Waals surface area contributed by atoms with Gasteiger partial charge in [-0.1, -0.05) is 12.1 Å². The second-order valence-electron chi connectivity index (χ2n) is 5.68. The summed E-state index contributed by atoms with van der Waals surface area (Å²) in [7, 11) is 0. The second kappa shape index (κ2) is 6.27. The summed E-state index contributed by atoms with van der Waals surface area (Å²) in [6.45, 7) is 6.80. The maximum absolute atomic E-state index is 12.4. The minimum atomic E-state index is -0.156. The maximum atomic E-state index is 12.4.